The molecule has 0 saturated heterocycles. The second-order valence-corrected chi connectivity index (χ2v) is 13.3. The van der Waals surface area contributed by atoms with E-state index in [0.29, 0.717) is 23.1 Å². The minimum absolute atomic E-state index is 0.0887. The van der Waals surface area contributed by atoms with Crippen LogP contribution >= 0.6 is 0 Å². The van der Waals surface area contributed by atoms with Gasteiger partial charge in [-0.15, -0.1) is 0 Å². The van der Waals surface area contributed by atoms with Gasteiger partial charge >= 0.3 is 0 Å². The summed E-state index contributed by atoms with van der Waals surface area (Å²) in [5, 5.41) is 33.1. The molecule has 0 fully saturated rings. The van der Waals surface area contributed by atoms with Crippen LogP contribution in [0.2, 0.25) is 0 Å². The van der Waals surface area contributed by atoms with Crippen molar-refractivity contribution in [3.05, 3.63) is 179 Å². The van der Waals surface area contributed by atoms with E-state index in [-0.39, 0.29) is 17.9 Å². The first-order chi connectivity index (χ1) is 25.6. The van der Waals surface area contributed by atoms with Crippen molar-refractivity contribution in [3.63, 3.8) is 0 Å². The Morgan fingerprint density at radius 1 is 0.788 bits per heavy atom. The van der Waals surface area contributed by atoms with Gasteiger partial charge in [0.15, 0.2) is 0 Å². The van der Waals surface area contributed by atoms with Crippen LogP contribution in [0.4, 0.5) is 0 Å². The fourth-order valence-electron chi connectivity index (χ4n) is 8.31. The molecule has 0 N–H and O–H groups in total. The largest absolute Gasteiger partial charge is 0.334 e. The molecule has 0 amide bonds. The molecule has 3 atom stereocenters. The molecule has 0 radical (unpaired) electrons. The lowest BCUT2D eigenvalue weighted by Gasteiger charge is -2.36. The Kier molecular flexibility index (Phi) is 8.36. The number of benzene rings is 4. The smallest absolute Gasteiger partial charge is 0.0991 e. The number of hydrogen-bond acceptors (Lipinski definition) is 3. The Hall–Kier alpha value is -6.87. The van der Waals surface area contributed by atoms with Crippen LogP contribution in [-0.2, 0) is 6.42 Å². The fraction of sp³-hybridized carbons (Fsp3) is 0.128. The highest BCUT2D eigenvalue weighted by atomic mass is 15.0. The summed E-state index contributed by atoms with van der Waals surface area (Å²) in [5.74, 6) is 0.0182. The number of nitrogens with zero attached hydrogens (tertiary/aromatic N) is 5. The molecule has 0 aliphatic heterocycles. The monoisotopic (exact) mass is 669 g/mol. The third-order valence-corrected chi connectivity index (χ3v) is 10.6. The van der Waals surface area contributed by atoms with E-state index in [9.17, 15) is 15.8 Å². The molecule has 0 saturated carbocycles. The van der Waals surface area contributed by atoms with E-state index in [0.717, 1.165) is 56.1 Å². The summed E-state index contributed by atoms with van der Waals surface area (Å²) in [7, 11) is 0. The average Bonchev–Trinajstić information content (AvgIpc) is 3.70. The quantitative estimate of drug-likeness (QED) is 0.159. The molecule has 2 aliphatic rings. The Morgan fingerprint density at radius 2 is 1.52 bits per heavy atom. The zero-order chi connectivity index (χ0) is 35.8. The molecule has 0 spiro atoms. The highest BCUT2D eigenvalue weighted by molar-refractivity contribution is 6.09. The van der Waals surface area contributed by atoms with Crippen LogP contribution in [0.3, 0.4) is 0 Å². The molecule has 4 aromatic carbocycles. The Labute approximate surface area is 303 Å². The van der Waals surface area contributed by atoms with Crippen LogP contribution in [0.5, 0.6) is 0 Å². The van der Waals surface area contributed by atoms with E-state index in [1.807, 2.05) is 73.7 Å². The minimum Gasteiger partial charge on any atom is -0.334 e. The number of hydrogen-bond donors (Lipinski definition) is 0. The van der Waals surface area contributed by atoms with Crippen molar-refractivity contribution < 1.29 is 0 Å². The molecule has 8 rings (SSSR count). The van der Waals surface area contributed by atoms with Gasteiger partial charge < -0.3 is 9.13 Å². The average molecular weight is 670 g/mol. The summed E-state index contributed by atoms with van der Waals surface area (Å²) in [6.45, 7) is 6.20. The Balaban J connectivity index is 1.23. The first kappa shape index (κ1) is 32.3. The number of nitriles is 3. The van der Waals surface area contributed by atoms with E-state index in [1.165, 1.54) is 11.1 Å². The van der Waals surface area contributed by atoms with E-state index in [1.54, 1.807) is 0 Å². The van der Waals surface area contributed by atoms with Gasteiger partial charge in [-0.1, -0.05) is 91.1 Å². The lowest BCUT2D eigenvalue weighted by Crippen LogP contribution is -2.27. The van der Waals surface area contributed by atoms with Crippen molar-refractivity contribution in [2.75, 3.05) is 0 Å². The molecule has 2 aromatic heterocycles. The van der Waals surface area contributed by atoms with Crippen LogP contribution in [0.1, 0.15) is 53.3 Å². The normalized spacial score (nSPS) is 18.3. The van der Waals surface area contributed by atoms with Gasteiger partial charge in [0.2, 0.25) is 0 Å². The number of fused-ring (bicyclic) bond motifs is 4. The summed E-state index contributed by atoms with van der Waals surface area (Å²) in [6, 6.07) is 35.8. The maximum atomic E-state index is 10.6. The SMILES string of the molecule is C=Cc1c(C/C=C\C)n(C2C(C#N)=CC=CC2C2=CC=CCC2c2ccc(-n3c4ccccc4c4cc(C#N)ccc43)cc2)c2ccc(C#N)cc12. The molecule has 248 valence electrons. The predicted molar refractivity (Wildman–Crippen MR) is 211 cm³/mol. The van der Waals surface area contributed by atoms with Crippen molar-refractivity contribution in [1.29, 1.82) is 15.8 Å². The maximum Gasteiger partial charge on any atom is 0.0991 e. The zero-order valence-corrected chi connectivity index (χ0v) is 28.9. The first-order valence-corrected chi connectivity index (χ1v) is 17.6. The third kappa shape index (κ3) is 5.22. The summed E-state index contributed by atoms with van der Waals surface area (Å²) < 4.78 is 4.60. The van der Waals surface area contributed by atoms with Gasteiger partial charge in [0.1, 0.15) is 0 Å². The number of aromatic nitrogens is 2. The summed E-state index contributed by atoms with van der Waals surface area (Å²) >= 11 is 0. The Morgan fingerprint density at radius 3 is 2.25 bits per heavy atom. The molecule has 52 heavy (non-hydrogen) atoms. The summed E-state index contributed by atoms with van der Waals surface area (Å²) in [5.41, 5.74) is 10.7. The molecule has 2 aliphatic carbocycles. The van der Waals surface area contributed by atoms with Crippen LogP contribution in [0.25, 0.3) is 44.5 Å². The number of allylic oxidation sites excluding steroid dienone is 10. The minimum atomic E-state index is -0.283. The van der Waals surface area contributed by atoms with Crippen LogP contribution in [0, 0.1) is 39.9 Å². The number of rotatable bonds is 7. The lowest BCUT2D eigenvalue weighted by atomic mass is 9.73. The van der Waals surface area contributed by atoms with Crippen molar-refractivity contribution in [2.24, 2.45) is 5.92 Å². The predicted octanol–water partition coefficient (Wildman–Crippen LogP) is 11.1. The maximum absolute atomic E-state index is 10.6. The highest BCUT2D eigenvalue weighted by Gasteiger charge is 2.36. The topological polar surface area (TPSA) is 81.2 Å². The van der Waals surface area contributed by atoms with Crippen molar-refractivity contribution in [3.8, 4) is 23.9 Å². The second-order valence-electron chi connectivity index (χ2n) is 13.3. The van der Waals surface area contributed by atoms with Crippen molar-refractivity contribution in [2.45, 2.75) is 31.7 Å². The van der Waals surface area contributed by atoms with Gasteiger partial charge in [-0.25, -0.2) is 0 Å². The number of para-hydroxylation sites is 1. The van der Waals surface area contributed by atoms with Gasteiger partial charge in [0.25, 0.3) is 0 Å². The molecule has 0 bridgehead atoms. The van der Waals surface area contributed by atoms with Gasteiger partial charge in [-0.05, 0) is 79.6 Å². The third-order valence-electron chi connectivity index (χ3n) is 10.6. The second kappa shape index (κ2) is 13.4. The van der Waals surface area contributed by atoms with Crippen molar-refractivity contribution >= 4 is 38.8 Å². The molecule has 6 aromatic rings. The standard InChI is InChI=1S/C47H35N5/c1-3-5-16-43-36(4-2)41-26-31(28-48)19-25-46(41)52(43)47-34(30-50)11-10-15-40(47)38-13-7-6-12-37(38)33-20-22-35(23-21-33)51-44-17-9-8-14-39(44)42-27-32(29-49)18-24-45(42)51/h3-11,13-15,17-27,37,40,47H,2,12,16H2,1H3/b5-3-. The Bertz CT molecular complexity index is 2700. The molecule has 2 heterocycles. The highest BCUT2D eigenvalue weighted by Crippen LogP contribution is 2.47. The summed E-state index contributed by atoms with van der Waals surface area (Å²) in [6.07, 6.45) is 20.4. The molecule has 5 nitrogen and oxygen atoms in total. The van der Waals surface area contributed by atoms with Gasteiger partial charge in [0.05, 0.1) is 52.0 Å². The molecular weight excluding hydrogens is 635 g/mol. The zero-order valence-electron chi connectivity index (χ0n) is 28.9. The fourth-order valence-corrected chi connectivity index (χ4v) is 8.31. The molecule has 3 unspecified atom stereocenters. The van der Waals surface area contributed by atoms with Crippen molar-refractivity contribution in [1.82, 2.24) is 9.13 Å². The van der Waals surface area contributed by atoms with Crippen LogP contribution < -0.4 is 0 Å². The van der Waals surface area contributed by atoms with E-state index in [2.05, 4.69) is 107 Å². The first-order valence-electron chi connectivity index (χ1n) is 17.6. The molecular formula is C47H35N5. The van der Waals surface area contributed by atoms with E-state index in [4.69, 9.17) is 0 Å². The lowest BCUT2D eigenvalue weighted by molar-refractivity contribution is 0.468. The van der Waals surface area contributed by atoms with Gasteiger partial charge in [0, 0.05) is 56.9 Å². The van der Waals surface area contributed by atoms with Crippen LogP contribution in [-0.4, -0.2) is 9.13 Å². The molecule has 5 heteroatoms. The van der Waals surface area contributed by atoms with Gasteiger partial charge in [-0.2, -0.15) is 15.8 Å². The summed E-state index contributed by atoms with van der Waals surface area (Å²) in [4.78, 5) is 0. The van der Waals surface area contributed by atoms with E-state index < -0.39 is 0 Å². The van der Waals surface area contributed by atoms with E-state index >= 15 is 0 Å². The van der Waals surface area contributed by atoms with Crippen LogP contribution in [0.15, 0.2) is 151 Å². The van der Waals surface area contributed by atoms with Gasteiger partial charge in [-0.3, -0.25) is 0 Å².